The monoisotopic (exact) mass is 463 g/mol. The smallest absolute Gasteiger partial charge is 0.273 e. The van der Waals surface area contributed by atoms with Gasteiger partial charge in [-0.2, -0.15) is 4.31 Å². The van der Waals surface area contributed by atoms with Crippen LogP contribution < -0.4 is 14.8 Å². The van der Waals surface area contributed by atoms with E-state index in [2.05, 4.69) is 15.6 Å². The first-order valence-electron chi connectivity index (χ1n) is 10.9. The first kappa shape index (κ1) is 22.5. The second kappa shape index (κ2) is 9.45. The summed E-state index contributed by atoms with van der Waals surface area (Å²) in [6.07, 6.45) is 7.08. The van der Waals surface area contributed by atoms with Gasteiger partial charge in [-0.05, 0) is 37.8 Å². The number of ether oxygens (including phenoxy) is 2. The lowest BCUT2D eigenvalue weighted by molar-refractivity contribution is 0.0932. The molecule has 174 valence electrons. The van der Waals surface area contributed by atoms with Crippen molar-refractivity contribution >= 4 is 15.9 Å². The summed E-state index contributed by atoms with van der Waals surface area (Å²) >= 11 is 0. The van der Waals surface area contributed by atoms with E-state index in [1.807, 2.05) is 0 Å². The Labute approximate surface area is 187 Å². The normalized spacial score (nSPS) is 18.6. The Kier molecular flexibility index (Phi) is 6.66. The van der Waals surface area contributed by atoms with E-state index >= 15 is 0 Å². The predicted octanol–water partition coefficient (Wildman–Crippen LogP) is 1.99. The fourth-order valence-corrected chi connectivity index (χ4v) is 6.00. The Balaban J connectivity index is 1.41. The summed E-state index contributed by atoms with van der Waals surface area (Å²) in [4.78, 5) is 12.5. The molecule has 0 bridgehead atoms. The zero-order valence-electron chi connectivity index (χ0n) is 18.4. The van der Waals surface area contributed by atoms with Crippen molar-refractivity contribution in [3.05, 3.63) is 30.1 Å². The molecule has 4 rings (SSSR count). The van der Waals surface area contributed by atoms with Gasteiger partial charge in [0, 0.05) is 25.2 Å². The number of hydrogen-bond donors (Lipinski definition) is 1. The number of benzene rings is 1. The number of nitrogens with zero attached hydrogens (tertiary/aromatic N) is 4. The van der Waals surface area contributed by atoms with Crippen molar-refractivity contribution in [2.24, 2.45) is 0 Å². The minimum Gasteiger partial charge on any atom is -0.497 e. The molecule has 2 fully saturated rings. The highest BCUT2D eigenvalue weighted by Gasteiger charge is 2.33. The van der Waals surface area contributed by atoms with Gasteiger partial charge in [0.2, 0.25) is 10.0 Å². The molecule has 1 aromatic heterocycles. The summed E-state index contributed by atoms with van der Waals surface area (Å²) in [6.45, 7) is 0.660. The number of carbonyl (C=O) groups is 1. The molecule has 1 aliphatic carbocycles. The molecular formula is C21H29N5O5S. The van der Waals surface area contributed by atoms with Gasteiger partial charge >= 0.3 is 0 Å². The molecule has 1 N–H and O–H groups in total. The third-order valence-electron chi connectivity index (χ3n) is 6.22. The number of nitrogens with one attached hydrogen (secondary N) is 1. The van der Waals surface area contributed by atoms with Crippen LogP contribution in [0.2, 0.25) is 0 Å². The van der Waals surface area contributed by atoms with Crippen molar-refractivity contribution in [2.75, 3.05) is 27.3 Å². The van der Waals surface area contributed by atoms with E-state index in [4.69, 9.17) is 9.47 Å². The van der Waals surface area contributed by atoms with Gasteiger partial charge in [-0.1, -0.05) is 18.1 Å². The van der Waals surface area contributed by atoms with Crippen LogP contribution in [0, 0.1) is 0 Å². The van der Waals surface area contributed by atoms with Crippen LogP contribution in [-0.4, -0.2) is 67.0 Å². The number of piperidine rings is 1. The first-order chi connectivity index (χ1) is 15.4. The third kappa shape index (κ3) is 4.58. The second-order valence-electron chi connectivity index (χ2n) is 8.19. The number of methoxy groups -OCH3 is 2. The second-order valence-corrected chi connectivity index (χ2v) is 10.1. The van der Waals surface area contributed by atoms with Crippen LogP contribution in [0.25, 0.3) is 0 Å². The average Bonchev–Trinajstić information content (AvgIpc) is 3.51. The minimum atomic E-state index is -3.75. The zero-order chi connectivity index (χ0) is 22.7. The highest BCUT2D eigenvalue weighted by Crippen LogP contribution is 2.33. The SMILES string of the molecule is COc1ccc(OC)c(S(=O)(=O)N2CCC(n3cc(C(=O)NC4CCCC4)nn3)CC2)c1. The summed E-state index contributed by atoms with van der Waals surface area (Å²) in [6, 6.07) is 4.93. The number of carbonyl (C=O) groups excluding carboxylic acids is 1. The summed E-state index contributed by atoms with van der Waals surface area (Å²) < 4.78 is 40.1. The molecule has 1 aromatic carbocycles. The van der Waals surface area contributed by atoms with Crippen LogP contribution in [0.4, 0.5) is 0 Å². The topological polar surface area (TPSA) is 116 Å². The number of hydrogen-bond acceptors (Lipinski definition) is 7. The lowest BCUT2D eigenvalue weighted by atomic mass is 10.1. The van der Waals surface area contributed by atoms with Gasteiger partial charge in [-0.15, -0.1) is 5.10 Å². The molecule has 32 heavy (non-hydrogen) atoms. The zero-order valence-corrected chi connectivity index (χ0v) is 19.2. The molecule has 1 amide bonds. The fourth-order valence-electron chi connectivity index (χ4n) is 4.36. The molecule has 0 spiro atoms. The Bertz CT molecular complexity index is 1060. The van der Waals surface area contributed by atoms with Crippen molar-refractivity contribution in [1.29, 1.82) is 0 Å². The van der Waals surface area contributed by atoms with Gasteiger partial charge in [0.15, 0.2) is 5.69 Å². The molecule has 1 saturated heterocycles. The van der Waals surface area contributed by atoms with Crippen LogP contribution in [0.15, 0.2) is 29.3 Å². The van der Waals surface area contributed by atoms with E-state index in [-0.39, 0.29) is 28.6 Å². The predicted molar refractivity (Wildman–Crippen MR) is 116 cm³/mol. The molecule has 0 unspecified atom stereocenters. The quantitative estimate of drug-likeness (QED) is 0.668. The van der Waals surface area contributed by atoms with Crippen LogP contribution in [0.3, 0.4) is 0 Å². The molecule has 11 heteroatoms. The maximum atomic E-state index is 13.2. The summed E-state index contributed by atoms with van der Waals surface area (Å²) in [7, 11) is -0.813. The third-order valence-corrected chi connectivity index (χ3v) is 8.14. The van der Waals surface area contributed by atoms with Crippen LogP contribution >= 0.6 is 0 Å². The van der Waals surface area contributed by atoms with E-state index in [9.17, 15) is 13.2 Å². The van der Waals surface area contributed by atoms with Gasteiger partial charge in [0.05, 0.1) is 26.5 Å². The van der Waals surface area contributed by atoms with Gasteiger partial charge < -0.3 is 14.8 Å². The summed E-state index contributed by atoms with van der Waals surface area (Å²) in [5.74, 6) is 0.528. The molecule has 2 heterocycles. The van der Waals surface area contributed by atoms with Crippen molar-refractivity contribution in [3.63, 3.8) is 0 Å². The number of amides is 1. The average molecular weight is 464 g/mol. The van der Waals surface area contributed by atoms with Gasteiger partial charge in [-0.25, -0.2) is 13.1 Å². The fraction of sp³-hybridized carbons (Fsp3) is 0.571. The number of aromatic nitrogens is 3. The van der Waals surface area contributed by atoms with E-state index in [1.165, 1.54) is 24.6 Å². The Morgan fingerprint density at radius 1 is 1.09 bits per heavy atom. The molecule has 10 nitrogen and oxygen atoms in total. The van der Waals surface area contributed by atoms with Crippen molar-refractivity contribution in [1.82, 2.24) is 24.6 Å². The van der Waals surface area contributed by atoms with Gasteiger partial charge in [0.25, 0.3) is 5.91 Å². The Morgan fingerprint density at radius 2 is 1.81 bits per heavy atom. The Morgan fingerprint density at radius 3 is 2.47 bits per heavy atom. The van der Waals surface area contributed by atoms with Gasteiger partial charge in [0.1, 0.15) is 16.4 Å². The molecule has 2 aromatic rings. The molecular weight excluding hydrogens is 434 g/mol. The molecule has 0 radical (unpaired) electrons. The first-order valence-corrected chi connectivity index (χ1v) is 12.3. The van der Waals surface area contributed by atoms with Crippen molar-refractivity contribution in [2.45, 2.75) is 55.5 Å². The van der Waals surface area contributed by atoms with E-state index in [1.54, 1.807) is 23.0 Å². The standard InChI is InChI=1S/C21H29N5O5S/c1-30-17-7-8-19(31-2)20(13-17)32(28,29)25-11-9-16(10-12-25)26-14-18(23-24-26)21(27)22-15-5-3-4-6-15/h7-8,13-16H,3-6,9-12H2,1-2H3,(H,22,27). The van der Waals surface area contributed by atoms with Gasteiger partial charge in [-0.3, -0.25) is 4.79 Å². The molecule has 0 atom stereocenters. The van der Waals surface area contributed by atoms with E-state index < -0.39 is 10.0 Å². The largest absolute Gasteiger partial charge is 0.497 e. The maximum Gasteiger partial charge on any atom is 0.273 e. The van der Waals surface area contributed by atoms with Crippen molar-refractivity contribution in [3.8, 4) is 11.5 Å². The number of rotatable bonds is 7. The molecule has 1 aliphatic heterocycles. The van der Waals surface area contributed by atoms with Crippen LogP contribution in [0.1, 0.15) is 55.1 Å². The summed E-state index contributed by atoms with van der Waals surface area (Å²) in [5, 5.41) is 11.2. The highest BCUT2D eigenvalue weighted by atomic mass is 32.2. The van der Waals surface area contributed by atoms with Crippen LogP contribution in [-0.2, 0) is 10.0 Å². The maximum absolute atomic E-state index is 13.2. The van der Waals surface area contributed by atoms with E-state index in [0.29, 0.717) is 37.4 Å². The summed E-state index contributed by atoms with van der Waals surface area (Å²) in [5.41, 5.74) is 0.299. The molecule has 1 saturated carbocycles. The Hall–Kier alpha value is -2.66. The minimum absolute atomic E-state index is 0.0193. The molecule has 2 aliphatic rings. The lowest BCUT2D eigenvalue weighted by Crippen LogP contribution is -2.39. The lowest BCUT2D eigenvalue weighted by Gasteiger charge is -2.31. The number of sulfonamides is 1. The van der Waals surface area contributed by atoms with E-state index in [0.717, 1.165) is 25.7 Å². The van der Waals surface area contributed by atoms with Crippen LogP contribution in [0.5, 0.6) is 11.5 Å². The van der Waals surface area contributed by atoms with Crippen molar-refractivity contribution < 1.29 is 22.7 Å². The highest BCUT2D eigenvalue weighted by molar-refractivity contribution is 7.89.